The highest BCUT2D eigenvalue weighted by molar-refractivity contribution is 5.31. The predicted molar refractivity (Wildman–Crippen MR) is 64.9 cm³/mol. The number of nitro groups is 1. The molecule has 0 N–H and O–H groups in total. The molecule has 4 nitrogen and oxygen atoms in total. The third-order valence-electron chi connectivity index (χ3n) is 3.21. The van der Waals surface area contributed by atoms with Crippen molar-refractivity contribution >= 4 is 0 Å². The van der Waals surface area contributed by atoms with Crippen LogP contribution < -0.4 is 4.74 Å². The van der Waals surface area contributed by atoms with Crippen molar-refractivity contribution in [2.24, 2.45) is 0 Å². The molecule has 2 rings (SSSR count). The topological polar surface area (TPSA) is 52.4 Å². The minimum atomic E-state index is -0.506. The Kier molecular flexibility index (Phi) is 3.42. The van der Waals surface area contributed by atoms with Gasteiger partial charge in [0.05, 0.1) is 13.0 Å². The lowest BCUT2D eigenvalue weighted by molar-refractivity contribution is -0.526. The molecule has 4 heteroatoms. The molecule has 0 radical (unpaired) electrons. The lowest BCUT2D eigenvalue weighted by Gasteiger charge is -2.22. The van der Waals surface area contributed by atoms with Crippen molar-refractivity contribution in [1.82, 2.24) is 0 Å². The number of rotatable bonds is 3. The molecular formula is C13H15NO3. The summed E-state index contributed by atoms with van der Waals surface area (Å²) in [6, 6.07) is 7.03. The zero-order valence-electron chi connectivity index (χ0n) is 9.70. The summed E-state index contributed by atoms with van der Waals surface area (Å²) in [5.41, 5.74) is 1.01. The van der Waals surface area contributed by atoms with Gasteiger partial charge in [-0.3, -0.25) is 10.1 Å². The molecule has 0 aliphatic heterocycles. The average Bonchev–Trinajstić information content (AvgIpc) is 2.39. The van der Waals surface area contributed by atoms with Crippen molar-refractivity contribution in [3.05, 3.63) is 52.1 Å². The van der Waals surface area contributed by atoms with Crippen LogP contribution in [-0.2, 0) is 0 Å². The molecule has 90 valence electrons. The van der Waals surface area contributed by atoms with Crippen LogP contribution in [0, 0.1) is 10.1 Å². The maximum absolute atomic E-state index is 11.0. The highest BCUT2D eigenvalue weighted by Gasteiger charge is 2.32. The molecule has 1 aliphatic carbocycles. The highest BCUT2D eigenvalue weighted by atomic mass is 16.6. The van der Waals surface area contributed by atoms with E-state index in [0.29, 0.717) is 6.42 Å². The first-order chi connectivity index (χ1) is 8.22. The third-order valence-corrected chi connectivity index (χ3v) is 3.21. The summed E-state index contributed by atoms with van der Waals surface area (Å²) in [7, 11) is 1.61. The zero-order chi connectivity index (χ0) is 12.3. The second-order valence-electron chi connectivity index (χ2n) is 4.18. The van der Waals surface area contributed by atoms with Crippen molar-refractivity contribution in [2.75, 3.05) is 7.11 Å². The zero-order valence-corrected chi connectivity index (χ0v) is 9.70. The Morgan fingerprint density at radius 2 is 1.88 bits per heavy atom. The van der Waals surface area contributed by atoms with E-state index in [-0.39, 0.29) is 10.8 Å². The van der Waals surface area contributed by atoms with E-state index in [9.17, 15) is 10.1 Å². The molecule has 0 heterocycles. The van der Waals surface area contributed by atoms with Gasteiger partial charge in [-0.15, -0.1) is 0 Å². The fourth-order valence-corrected chi connectivity index (χ4v) is 2.24. The largest absolute Gasteiger partial charge is 0.497 e. The number of hydrogen-bond donors (Lipinski definition) is 0. The molecule has 1 aliphatic rings. The molecule has 0 saturated heterocycles. The van der Waals surface area contributed by atoms with Crippen LogP contribution in [0.15, 0.2) is 36.4 Å². The summed E-state index contributed by atoms with van der Waals surface area (Å²) in [4.78, 5) is 10.8. The van der Waals surface area contributed by atoms with E-state index in [2.05, 4.69) is 0 Å². The van der Waals surface area contributed by atoms with Gasteiger partial charge in [-0.25, -0.2) is 0 Å². The second-order valence-corrected chi connectivity index (χ2v) is 4.18. The summed E-state index contributed by atoms with van der Waals surface area (Å²) in [5.74, 6) is 0.749. The van der Waals surface area contributed by atoms with Crippen molar-refractivity contribution in [3.63, 3.8) is 0 Å². The first-order valence-electron chi connectivity index (χ1n) is 5.65. The van der Waals surface area contributed by atoms with Gasteiger partial charge in [-0.2, -0.15) is 0 Å². The minimum Gasteiger partial charge on any atom is -0.497 e. The van der Waals surface area contributed by atoms with Crippen molar-refractivity contribution < 1.29 is 9.66 Å². The SMILES string of the molecule is COc1ccc(C2CC=CCC2[N+](=O)[O-])cc1. The molecule has 1 aromatic rings. The minimum absolute atomic E-state index is 0.0269. The van der Waals surface area contributed by atoms with Crippen molar-refractivity contribution in [1.29, 1.82) is 0 Å². The van der Waals surface area contributed by atoms with Crippen LogP contribution in [0.1, 0.15) is 24.3 Å². The first-order valence-corrected chi connectivity index (χ1v) is 5.65. The molecule has 2 atom stereocenters. The van der Waals surface area contributed by atoms with E-state index in [1.807, 2.05) is 36.4 Å². The Bertz CT molecular complexity index is 425. The Labute approximate surface area is 100 Å². The highest BCUT2D eigenvalue weighted by Crippen LogP contribution is 2.32. The predicted octanol–water partition coefficient (Wildman–Crippen LogP) is 2.77. The number of methoxy groups -OCH3 is 1. The Balaban J connectivity index is 2.24. The van der Waals surface area contributed by atoms with Gasteiger partial charge in [0, 0.05) is 11.3 Å². The molecule has 2 unspecified atom stereocenters. The van der Waals surface area contributed by atoms with Crippen LogP contribution >= 0.6 is 0 Å². The fraction of sp³-hybridized carbons (Fsp3) is 0.385. The van der Waals surface area contributed by atoms with Crippen LogP contribution in [0.4, 0.5) is 0 Å². The number of ether oxygens (including phenoxy) is 1. The van der Waals surface area contributed by atoms with Gasteiger partial charge in [-0.05, 0) is 24.1 Å². The maximum atomic E-state index is 11.0. The molecule has 1 aromatic carbocycles. The average molecular weight is 233 g/mol. The number of hydrogen-bond acceptors (Lipinski definition) is 3. The van der Waals surface area contributed by atoms with E-state index in [1.54, 1.807) is 7.11 Å². The molecule has 0 bridgehead atoms. The molecule has 17 heavy (non-hydrogen) atoms. The van der Waals surface area contributed by atoms with E-state index >= 15 is 0 Å². The van der Waals surface area contributed by atoms with Gasteiger partial charge < -0.3 is 4.74 Å². The van der Waals surface area contributed by atoms with Crippen LogP contribution in [0.3, 0.4) is 0 Å². The maximum Gasteiger partial charge on any atom is 0.223 e. The molecule has 0 fully saturated rings. The summed E-state index contributed by atoms with van der Waals surface area (Å²) >= 11 is 0. The smallest absolute Gasteiger partial charge is 0.223 e. The number of benzene rings is 1. The van der Waals surface area contributed by atoms with Gasteiger partial charge >= 0.3 is 0 Å². The number of allylic oxidation sites excluding steroid dienone is 1. The monoisotopic (exact) mass is 233 g/mol. The van der Waals surface area contributed by atoms with Gasteiger partial charge in [0.15, 0.2) is 0 Å². The Morgan fingerprint density at radius 1 is 1.24 bits per heavy atom. The summed E-state index contributed by atoms with van der Waals surface area (Å²) < 4.78 is 5.08. The van der Waals surface area contributed by atoms with E-state index in [1.165, 1.54) is 0 Å². The van der Waals surface area contributed by atoms with Crippen molar-refractivity contribution in [2.45, 2.75) is 24.8 Å². The first kappa shape index (κ1) is 11.6. The Hall–Kier alpha value is -1.84. The second kappa shape index (κ2) is 4.99. The van der Waals surface area contributed by atoms with Crippen LogP contribution in [0.5, 0.6) is 5.75 Å². The lowest BCUT2D eigenvalue weighted by Crippen LogP contribution is -2.28. The van der Waals surface area contributed by atoms with E-state index in [4.69, 9.17) is 4.74 Å². The van der Waals surface area contributed by atoms with Gasteiger partial charge in [0.25, 0.3) is 0 Å². The van der Waals surface area contributed by atoms with Crippen LogP contribution in [0.25, 0.3) is 0 Å². The third kappa shape index (κ3) is 2.46. The molecule has 0 aromatic heterocycles. The Morgan fingerprint density at radius 3 is 2.47 bits per heavy atom. The van der Waals surface area contributed by atoms with E-state index in [0.717, 1.165) is 17.7 Å². The quantitative estimate of drug-likeness (QED) is 0.458. The summed E-state index contributed by atoms with van der Waals surface area (Å²) in [6.45, 7) is 0. The lowest BCUT2D eigenvalue weighted by atomic mass is 9.84. The van der Waals surface area contributed by atoms with Crippen LogP contribution in [-0.4, -0.2) is 18.1 Å². The number of nitrogens with zero attached hydrogens (tertiary/aromatic N) is 1. The molecule has 0 spiro atoms. The normalized spacial score (nSPS) is 23.4. The standard InChI is InChI=1S/C13H15NO3/c1-17-11-8-6-10(7-9-11)12-4-2-3-5-13(12)14(15)16/h2-3,6-9,12-13H,4-5H2,1H3. The molecule has 0 saturated carbocycles. The summed E-state index contributed by atoms with van der Waals surface area (Å²) in [6.07, 6.45) is 5.17. The molecule has 0 amide bonds. The van der Waals surface area contributed by atoms with Gasteiger partial charge in [0.1, 0.15) is 5.75 Å². The van der Waals surface area contributed by atoms with Crippen LogP contribution in [0.2, 0.25) is 0 Å². The summed E-state index contributed by atoms with van der Waals surface area (Å²) in [5, 5.41) is 11.0. The van der Waals surface area contributed by atoms with Gasteiger partial charge in [0.2, 0.25) is 6.04 Å². The fourth-order valence-electron chi connectivity index (χ4n) is 2.24. The van der Waals surface area contributed by atoms with Crippen molar-refractivity contribution in [3.8, 4) is 5.75 Å². The van der Waals surface area contributed by atoms with E-state index < -0.39 is 6.04 Å². The molecular weight excluding hydrogens is 218 g/mol. The van der Waals surface area contributed by atoms with Gasteiger partial charge in [-0.1, -0.05) is 24.3 Å².